The zero-order valence-electron chi connectivity index (χ0n) is 12.1. The first-order valence-electron chi connectivity index (χ1n) is 6.74. The summed E-state index contributed by atoms with van der Waals surface area (Å²) in [7, 11) is 1.92. The molecule has 0 unspecified atom stereocenters. The minimum atomic E-state index is 0.601. The number of nitrogens with one attached hydrogen (secondary N) is 1. The molecule has 0 aliphatic heterocycles. The van der Waals surface area contributed by atoms with Crippen molar-refractivity contribution in [1.82, 2.24) is 10.3 Å². The molecule has 0 fully saturated rings. The van der Waals surface area contributed by atoms with Crippen molar-refractivity contribution in [3.8, 4) is 17.4 Å². The number of aryl methyl sites for hydroxylation is 1. The smallest absolute Gasteiger partial charge is 0.219 e. The van der Waals surface area contributed by atoms with E-state index in [1.54, 1.807) is 0 Å². The second-order valence-electron chi connectivity index (χ2n) is 4.50. The number of hydrogen-bond donors (Lipinski definition) is 1. The molecule has 0 bridgehead atoms. The van der Waals surface area contributed by atoms with Crippen LogP contribution < -0.4 is 14.8 Å². The molecular weight excluding hydrogens is 252 g/mol. The summed E-state index contributed by atoms with van der Waals surface area (Å²) in [4.78, 5) is 4.40. The van der Waals surface area contributed by atoms with Crippen LogP contribution in [0, 0.1) is 6.92 Å². The molecule has 0 radical (unpaired) electrons. The molecule has 1 heterocycles. The average molecular weight is 272 g/mol. The van der Waals surface area contributed by atoms with Crippen LogP contribution in [0.2, 0.25) is 0 Å². The number of pyridine rings is 1. The van der Waals surface area contributed by atoms with Crippen LogP contribution in [-0.2, 0) is 6.54 Å². The lowest BCUT2D eigenvalue weighted by Crippen LogP contribution is -2.06. The number of benzene rings is 1. The second-order valence-corrected chi connectivity index (χ2v) is 4.50. The van der Waals surface area contributed by atoms with Gasteiger partial charge in [0.2, 0.25) is 5.88 Å². The Morgan fingerprint density at radius 1 is 1.15 bits per heavy atom. The molecule has 1 aromatic heterocycles. The Labute approximate surface area is 119 Å². The van der Waals surface area contributed by atoms with Crippen LogP contribution in [0.5, 0.6) is 17.4 Å². The van der Waals surface area contributed by atoms with E-state index in [0.717, 1.165) is 29.3 Å². The Morgan fingerprint density at radius 2 is 1.95 bits per heavy atom. The molecule has 0 saturated heterocycles. The molecule has 0 aliphatic rings. The van der Waals surface area contributed by atoms with Crippen LogP contribution in [0.25, 0.3) is 0 Å². The molecule has 4 heteroatoms. The number of rotatable bonds is 6. The lowest BCUT2D eigenvalue weighted by Gasteiger charge is -2.09. The second kappa shape index (κ2) is 6.91. The SMILES string of the molecule is CCOc1cccc(Oc2cc(CNC)cc(C)n2)c1. The Morgan fingerprint density at radius 3 is 2.70 bits per heavy atom. The monoisotopic (exact) mass is 272 g/mol. The standard InChI is InChI=1S/C16H20N2O2/c1-4-19-14-6-5-7-15(10-14)20-16-9-13(11-17-3)8-12(2)18-16/h5-10,17H,4,11H2,1-3H3. The quantitative estimate of drug-likeness (QED) is 0.876. The van der Waals surface area contributed by atoms with Crippen molar-refractivity contribution in [1.29, 1.82) is 0 Å². The van der Waals surface area contributed by atoms with Gasteiger partial charge in [-0.05, 0) is 44.7 Å². The lowest BCUT2D eigenvalue weighted by atomic mass is 10.2. The maximum atomic E-state index is 5.81. The first-order valence-corrected chi connectivity index (χ1v) is 6.74. The van der Waals surface area contributed by atoms with E-state index >= 15 is 0 Å². The van der Waals surface area contributed by atoms with Crippen molar-refractivity contribution in [2.45, 2.75) is 20.4 Å². The third-order valence-corrected chi connectivity index (χ3v) is 2.71. The van der Waals surface area contributed by atoms with Crippen LogP contribution >= 0.6 is 0 Å². The van der Waals surface area contributed by atoms with E-state index in [4.69, 9.17) is 9.47 Å². The fourth-order valence-electron chi connectivity index (χ4n) is 1.98. The van der Waals surface area contributed by atoms with Gasteiger partial charge in [-0.3, -0.25) is 0 Å². The molecule has 1 N–H and O–H groups in total. The number of aromatic nitrogens is 1. The number of hydrogen-bond acceptors (Lipinski definition) is 4. The molecule has 0 spiro atoms. The van der Waals surface area contributed by atoms with E-state index in [9.17, 15) is 0 Å². The molecule has 0 saturated carbocycles. The average Bonchev–Trinajstić information content (AvgIpc) is 2.39. The van der Waals surface area contributed by atoms with Crippen molar-refractivity contribution in [3.05, 3.63) is 47.7 Å². The highest BCUT2D eigenvalue weighted by Crippen LogP contribution is 2.25. The van der Waals surface area contributed by atoms with Crippen molar-refractivity contribution in [2.24, 2.45) is 0 Å². The Kier molecular flexibility index (Phi) is 4.96. The van der Waals surface area contributed by atoms with Crippen molar-refractivity contribution < 1.29 is 9.47 Å². The van der Waals surface area contributed by atoms with Gasteiger partial charge in [0.05, 0.1) is 6.61 Å². The third kappa shape index (κ3) is 3.96. The molecule has 2 rings (SSSR count). The summed E-state index contributed by atoms with van der Waals surface area (Å²) >= 11 is 0. The van der Waals surface area contributed by atoms with Gasteiger partial charge >= 0.3 is 0 Å². The molecule has 2 aromatic rings. The van der Waals surface area contributed by atoms with Gasteiger partial charge in [0.1, 0.15) is 11.5 Å². The van der Waals surface area contributed by atoms with Gasteiger partial charge in [-0.1, -0.05) is 6.07 Å². The summed E-state index contributed by atoms with van der Waals surface area (Å²) in [5, 5.41) is 3.12. The van der Waals surface area contributed by atoms with Crippen LogP contribution in [0.4, 0.5) is 0 Å². The van der Waals surface area contributed by atoms with Crippen molar-refractivity contribution >= 4 is 0 Å². The maximum Gasteiger partial charge on any atom is 0.219 e. The Balaban J connectivity index is 2.18. The van der Waals surface area contributed by atoms with Gasteiger partial charge in [-0.2, -0.15) is 0 Å². The summed E-state index contributed by atoms with van der Waals surface area (Å²) in [5.41, 5.74) is 2.09. The molecule has 106 valence electrons. The van der Waals surface area contributed by atoms with Crippen LogP contribution in [0.3, 0.4) is 0 Å². The zero-order chi connectivity index (χ0) is 14.4. The van der Waals surface area contributed by atoms with E-state index in [1.807, 2.05) is 57.3 Å². The van der Waals surface area contributed by atoms with Crippen LogP contribution in [0.1, 0.15) is 18.2 Å². The predicted molar refractivity (Wildman–Crippen MR) is 79.4 cm³/mol. The predicted octanol–water partition coefficient (Wildman–Crippen LogP) is 3.30. The fourth-order valence-corrected chi connectivity index (χ4v) is 1.98. The summed E-state index contributed by atoms with van der Waals surface area (Å²) < 4.78 is 11.3. The Hall–Kier alpha value is -2.07. The minimum Gasteiger partial charge on any atom is -0.494 e. The molecule has 4 nitrogen and oxygen atoms in total. The molecule has 0 atom stereocenters. The summed E-state index contributed by atoms with van der Waals surface area (Å²) in [6, 6.07) is 11.6. The van der Waals surface area contributed by atoms with Gasteiger partial charge < -0.3 is 14.8 Å². The molecule has 0 aliphatic carbocycles. The van der Waals surface area contributed by atoms with E-state index in [-0.39, 0.29) is 0 Å². The first kappa shape index (κ1) is 14.3. The largest absolute Gasteiger partial charge is 0.494 e. The highest BCUT2D eigenvalue weighted by Gasteiger charge is 2.04. The zero-order valence-corrected chi connectivity index (χ0v) is 12.1. The summed E-state index contributed by atoms with van der Waals surface area (Å²) in [6.07, 6.45) is 0. The highest BCUT2D eigenvalue weighted by atomic mass is 16.5. The topological polar surface area (TPSA) is 43.4 Å². The van der Waals surface area contributed by atoms with Gasteiger partial charge in [-0.25, -0.2) is 4.98 Å². The van der Waals surface area contributed by atoms with Gasteiger partial charge in [0.25, 0.3) is 0 Å². The van der Waals surface area contributed by atoms with Crippen LogP contribution in [-0.4, -0.2) is 18.6 Å². The summed E-state index contributed by atoms with van der Waals surface area (Å²) in [5.74, 6) is 2.13. The maximum absolute atomic E-state index is 5.81. The molecule has 1 aromatic carbocycles. The molecule has 0 amide bonds. The number of ether oxygens (including phenoxy) is 2. The Bertz CT molecular complexity index is 570. The van der Waals surface area contributed by atoms with E-state index in [0.29, 0.717) is 12.5 Å². The normalized spacial score (nSPS) is 10.3. The van der Waals surface area contributed by atoms with Crippen molar-refractivity contribution in [3.63, 3.8) is 0 Å². The van der Waals surface area contributed by atoms with Crippen LogP contribution in [0.15, 0.2) is 36.4 Å². The molecular formula is C16H20N2O2. The minimum absolute atomic E-state index is 0.601. The van der Waals surface area contributed by atoms with Gasteiger partial charge in [0.15, 0.2) is 0 Å². The fraction of sp³-hybridized carbons (Fsp3) is 0.312. The summed E-state index contributed by atoms with van der Waals surface area (Å²) in [6.45, 7) is 5.35. The van der Waals surface area contributed by atoms with E-state index in [1.165, 1.54) is 0 Å². The van der Waals surface area contributed by atoms with Crippen molar-refractivity contribution in [2.75, 3.05) is 13.7 Å². The van der Waals surface area contributed by atoms with Gasteiger partial charge in [-0.15, -0.1) is 0 Å². The lowest BCUT2D eigenvalue weighted by molar-refractivity contribution is 0.338. The first-order chi connectivity index (χ1) is 9.71. The van der Waals surface area contributed by atoms with E-state index in [2.05, 4.69) is 10.3 Å². The third-order valence-electron chi connectivity index (χ3n) is 2.71. The number of nitrogens with zero attached hydrogens (tertiary/aromatic N) is 1. The highest BCUT2D eigenvalue weighted by molar-refractivity contribution is 5.36. The molecule has 20 heavy (non-hydrogen) atoms. The van der Waals surface area contributed by atoms with Gasteiger partial charge in [0, 0.05) is 24.4 Å². The van der Waals surface area contributed by atoms with E-state index < -0.39 is 0 Å².